The number of fused-ring (bicyclic) bond motifs is 1. The first-order valence-electron chi connectivity index (χ1n) is 8.44. The summed E-state index contributed by atoms with van der Waals surface area (Å²) < 4.78 is 0. The predicted molar refractivity (Wildman–Crippen MR) is 88.2 cm³/mol. The van der Waals surface area contributed by atoms with Crippen molar-refractivity contribution in [3.05, 3.63) is 29.8 Å². The Bertz CT molecular complexity index is 524. The minimum Gasteiger partial charge on any atom is -0.481 e. The lowest BCUT2D eigenvalue weighted by Crippen LogP contribution is -2.37. The second-order valence-electron chi connectivity index (χ2n) is 6.73. The molecule has 0 saturated heterocycles. The van der Waals surface area contributed by atoms with Crippen LogP contribution in [0.2, 0.25) is 0 Å². The van der Waals surface area contributed by atoms with Gasteiger partial charge in [-0.2, -0.15) is 0 Å². The van der Waals surface area contributed by atoms with Crippen molar-refractivity contribution in [3.8, 4) is 0 Å². The number of aliphatic carboxylic acids is 1. The third-order valence-corrected chi connectivity index (χ3v) is 5.22. The molecule has 1 unspecified atom stereocenters. The zero-order valence-electron chi connectivity index (χ0n) is 13.3. The Morgan fingerprint density at radius 1 is 1.18 bits per heavy atom. The van der Waals surface area contributed by atoms with Crippen molar-refractivity contribution in [3.63, 3.8) is 0 Å². The highest BCUT2D eigenvalue weighted by molar-refractivity contribution is 5.70. The monoisotopic (exact) mass is 302 g/mol. The van der Waals surface area contributed by atoms with Crippen molar-refractivity contribution >= 4 is 11.7 Å². The van der Waals surface area contributed by atoms with Crippen molar-refractivity contribution in [1.29, 1.82) is 0 Å². The first-order chi connectivity index (χ1) is 10.6. The fraction of sp³-hybridized carbons (Fsp3) is 0.611. The van der Waals surface area contributed by atoms with Crippen molar-refractivity contribution in [2.45, 2.75) is 50.6 Å². The van der Waals surface area contributed by atoms with Crippen LogP contribution in [0.5, 0.6) is 0 Å². The molecule has 4 heteroatoms. The molecule has 22 heavy (non-hydrogen) atoms. The molecule has 1 aromatic rings. The molecule has 4 nitrogen and oxygen atoms in total. The number of nitrogens with one attached hydrogen (secondary N) is 1. The first kappa shape index (κ1) is 15.3. The normalized spacial score (nSPS) is 28.8. The van der Waals surface area contributed by atoms with E-state index >= 15 is 0 Å². The number of benzene rings is 1. The van der Waals surface area contributed by atoms with E-state index < -0.39 is 5.97 Å². The van der Waals surface area contributed by atoms with E-state index in [-0.39, 0.29) is 5.92 Å². The molecule has 1 aliphatic carbocycles. The highest BCUT2D eigenvalue weighted by Crippen LogP contribution is 2.34. The third-order valence-electron chi connectivity index (χ3n) is 5.22. The second-order valence-corrected chi connectivity index (χ2v) is 6.73. The number of nitrogens with zero attached hydrogens (tertiary/aromatic N) is 1. The summed E-state index contributed by atoms with van der Waals surface area (Å²) in [6.07, 6.45) is 5.91. The molecule has 0 radical (unpaired) electrons. The van der Waals surface area contributed by atoms with Crippen molar-refractivity contribution in [1.82, 2.24) is 5.32 Å². The van der Waals surface area contributed by atoms with Crippen LogP contribution in [-0.2, 0) is 4.79 Å². The van der Waals surface area contributed by atoms with Crippen molar-refractivity contribution in [2.24, 2.45) is 5.92 Å². The van der Waals surface area contributed by atoms with Gasteiger partial charge in [-0.05, 0) is 50.2 Å². The van der Waals surface area contributed by atoms with E-state index in [9.17, 15) is 4.79 Å². The second kappa shape index (κ2) is 6.69. The van der Waals surface area contributed by atoms with Gasteiger partial charge < -0.3 is 15.3 Å². The molecule has 0 spiro atoms. The van der Waals surface area contributed by atoms with Crippen LogP contribution < -0.4 is 10.2 Å². The number of carbonyl (C=O) groups is 1. The smallest absolute Gasteiger partial charge is 0.306 e. The van der Waals surface area contributed by atoms with E-state index in [4.69, 9.17) is 5.11 Å². The maximum absolute atomic E-state index is 11.1. The summed E-state index contributed by atoms with van der Waals surface area (Å²) in [6, 6.07) is 9.52. The van der Waals surface area contributed by atoms with E-state index in [0.29, 0.717) is 12.1 Å². The van der Waals surface area contributed by atoms with Gasteiger partial charge in [0.15, 0.2) is 0 Å². The number of anilines is 1. The van der Waals surface area contributed by atoms with E-state index in [1.807, 2.05) is 0 Å². The van der Waals surface area contributed by atoms with Gasteiger partial charge in [-0.25, -0.2) is 0 Å². The van der Waals surface area contributed by atoms with Gasteiger partial charge in [-0.15, -0.1) is 0 Å². The Kier molecular flexibility index (Phi) is 4.67. The summed E-state index contributed by atoms with van der Waals surface area (Å²) in [6.45, 7) is 1.10. The minimum absolute atomic E-state index is 0.134. The molecule has 1 saturated carbocycles. The average Bonchev–Trinajstić information content (AvgIpc) is 2.68. The molecular formula is C18H26N2O2. The van der Waals surface area contributed by atoms with Gasteiger partial charge in [0.05, 0.1) is 5.92 Å². The minimum atomic E-state index is -0.625. The highest BCUT2D eigenvalue weighted by atomic mass is 16.4. The molecular weight excluding hydrogens is 276 g/mol. The van der Waals surface area contributed by atoms with Crippen LogP contribution in [0.3, 0.4) is 0 Å². The van der Waals surface area contributed by atoms with Gasteiger partial charge in [0, 0.05) is 31.4 Å². The van der Waals surface area contributed by atoms with Crippen LogP contribution in [0.25, 0.3) is 0 Å². The van der Waals surface area contributed by atoms with Crippen LogP contribution in [0.15, 0.2) is 24.3 Å². The molecule has 1 heterocycles. The number of rotatable bonds is 3. The summed E-state index contributed by atoms with van der Waals surface area (Å²) in [5.41, 5.74) is 2.72. The van der Waals surface area contributed by atoms with Gasteiger partial charge in [0.2, 0.25) is 0 Å². The molecule has 1 atom stereocenters. The van der Waals surface area contributed by atoms with Crippen molar-refractivity contribution < 1.29 is 9.90 Å². The molecule has 2 aliphatic rings. The van der Waals surface area contributed by atoms with Gasteiger partial charge in [0.25, 0.3) is 0 Å². The largest absolute Gasteiger partial charge is 0.481 e. The molecule has 3 rings (SSSR count). The summed E-state index contributed by atoms with van der Waals surface area (Å²) in [5, 5.41) is 12.9. The lowest BCUT2D eigenvalue weighted by atomic mass is 9.85. The zero-order chi connectivity index (χ0) is 15.5. The standard InChI is InChI=1S/C18H26N2O2/c1-20-12-4-6-16(15-5-2-3-7-17(15)20)19-14-10-8-13(9-11-14)18(21)22/h2-3,5,7,13-14,16,19H,4,6,8-12H2,1H3,(H,21,22). The molecule has 0 amide bonds. The SMILES string of the molecule is CN1CCCC(NC2CCC(C(=O)O)CC2)c2ccccc21. The highest BCUT2D eigenvalue weighted by Gasteiger charge is 2.28. The fourth-order valence-electron chi connectivity index (χ4n) is 3.90. The first-order valence-corrected chi connectivity index (χ1v) is 8.44. The third kappa shape index (κ3) is 3.27. The van der Waals surface area contributed by atoms with Crippen LogP contribution in [0, 0.1) is 5.92 Å². The number of para-hydroxylation sites is 1. The molecule has 0 aromatic heterocycles. The van der Waals surface area contributed by atoms with Gasteiger partial charge in [0.1, 0.15) is 0 Å². The molecule has 1 aliphatic heterocycles. The molecule has 1 fully saturated rings. The topological polar surface area (TPSA) is 52.6 Å². The van der Waals surface area contributed by atoms with E-state index in [1.165, 1.54) is 17.7 Å². The lowest BCUT2D eigenvalue weighted by molar-refractivity contribution is -0.142. The quantitative estimate of drug-likeness (QED) is 0.900. The Labute approximate surface area is 132 Å². The maximum Gasteiger partial charge on any atom is 0.306 e. The van der Waals surface area contributed by atoms with Crippen LogP contribution in [0.4, 0.5) is 5.69 Å². The van der Waals surface area contributed by atoms with Crippen LogP contribution >= 0.6 is 0 Å². The maximum atomic E-state index is 11.1. The Morgan fingerprint density at radius 3 is 2.64 bits per heavy atom. The lowest BCUT2D eigenvalue weighted by Gasteiger charge is -2.31. The van der Waals surface area contributed by atoms with E-state index in [2.05, 4.69) is 41.5 Å². The number of hydrogen-bond donors (Lipinski definition) is 2. The van der Waals surface area contributed by atoms with E-state index in [1.54, 1.807) is 0 Å². The zero-order valence-corrected chi connectivity index (χ0v) is 13.3. The van der Waals surface area contributed by atoms with Gasteiger partial charge in [-0.3, -0.25) is 4.79 Å². The number of hydrogen-bond acceptors (Lipinski definition) is 3. The molecule has 0 bridgehead atoms. The summed E-state index contributed by atoms with van der Waals surface area (Å²) in [4.78, 5) is 13.4. The van der Waals surface area contributed by atoms with E-state index in [0.717, 1.165) is 38.6 Å². The molecule has 2 N–H and O–H groups in total. The summed E-state index contributed by atoms with van der Waals surface area (Å²) in [5.74, 6) is -0.759. The van der Waals surface area contributed by atoms with Crippen molar-refractivity contribution in [2.75, 3.05) is 18.5 Å². The predicted octanol–water partition coefficient (Wildman–Crippen LogP) is 3.19. The van der Waals surface area contributed by atoms with Crippen LogP contribution in [-0.4, -0.2) is 30.7 Å². The fourth-order valence-corrected chi connectivity index (χ4v) is 3.90. The number of carboxylic acid groups (broad SMARTS) is 1. The van der Waals surface area contributed by atoms with Gasteiger partial charge >= 0.3 is 5.97 Å². The Morgan fingerprint density at radius 2 is 1.91 bits per heavy atom. The average molecular weight is 302 g/mol. The van der Waals surface area contributed by atoms with Gasteiger partial charge in [-0.1, -0.05) is 18.2 Å². The number of carboxylic acids is 1. The molecule has 120 valence electrons. The van der Waals surface area contributed by atoms with Crippen LogP contribution in [0.1, 0.15) is 50.1 Å². The molecule has 1 aromatic carbocycles. The summed E-state index contributed by atoms with van der Waals surface area (Å²) >= 11 is 0. The summed E-state index contributed by atoms with van der Waals surface area (Å²) in [7, 11) is 2.17. The Hall–Kier alpha value is -1.55. The Balaban J connectivity index is 1.68.